The molecule has 7 nitrogen and oxygen atoms in total. The van der Waals surface area contributed by atoms with E-state index in [0.717, 1.165) is 48.0 Å². The largest absolute Gasteiger partial charge is 0.341 e. The number of benzene rings is 1. The predicted octanol–water partition coefficient (Wildman–Crippen LogP) is 6.46. The molecule has 0 spiro atoms. The molecule has 0 bridgehead atoms. The first-order chi connectivity index (χ1) is 18.0. The average Bonchev–Trinajstić information content (AvgIpc) is 3.47. The van der Waals surface area contributed by atoms with Crippen molar-refractivity contribution in [2.45, 2.75) is 99.2 Å². The first-order valence-corrected chi connectivity index (χ1v) is 14.6. The summed E-state index contributed by atoms with van der Waals surface area (Å²) in [7, 11) is 0. The monoisotopic (exact) mass is 536 g/mol. The molecule has 2 aliphatic heterocycles. The topological polar surface area (TPSA) is 69.5 Å². The molecule has 4 heterocycles. The third-order valence-corrected chi connectivity index (χ3v) is 9.65. The molecule has 0 radical (unpaired) electrons. The van der Waals surface area contributed by atoms with Gasteiger partial charge < -0.3 is 14.4 Å². The van der Waals surface area contributed by atoms with E-state index < -0.39 is 6.29 Å². The molecule has 1 saturated heterocycles. The van der Waals surface area contributed by atoms with Gasteiger partial charge >= 0.3 is 0 Å². The summed E-state index contributed by atoms with van der Waals surface area (Å²) in [5.41, 5.74) is 10.6. The second kappa shape index (κ2) is 10.5. The van der Waals surface area contributed by atoms with E-state index in [0.29, 0.717) is 12.5 Å². The molecule has 2 aromatic heterocycles. The molecule has 1 amide bonds. The highest BCUT2D eigenvalue weighted by atomic mass is 32.1. The first-order valence-electron chi connectivity index (χ1n) is 13.7. The maximum absolute atomic E-state index is 12.9. The van der Waals surface area contributed by atoms with E-state index in [-0.39, 0.29) is 18.1 Å². The van der Waals surface area contributed by atoms with Crippen LogP contribution in [0.15, 0.2) is 11.4 Å². The van der Waals surface area contributed by atoms with E-state index in [1.165, 1.54) is 33.4 Å². The molecular weight excluding hydrogens is 496 g/mol. The zero-order valence-electron chi connectivity index (χ0n) is 23.9. The zero-order valence-corrected chi connectivity index (χ0v) is 24.7. The fourth-order valence-electron chi connectivity index (χ4n) is 6.13. The number of fused-ring (bicyclic) bond motifs is 1. The maximum Gasteiger partial charge on any atom is 0.244 e. The van der Waals surface area contributed by atoms with Gasteiger partial charge in [-0.3, -0.25) is 9.48 Å². The number of likely N-dealkylation sites (tertiary alicyclic amines) is 1. The van der Waals surface area contributed by atoms with Gasteiger partial charge in [-0.25, -0.2) is 4.98 Å². The van der Waals surface area contributed by atoms with E-state index in [1.807, 2.05) is 24.8 Å². The van der Waals surface area contributed by atoms with E-state index in [1.54, 1.807) is 16.0 Å². The van der Waals surface area contributed by atoms with Crippen LogP contribution in [0.1, 0.15) is 107 Å². The van der Waals surface area contributed by atoms with Crippen molar-refractivity contribution >= 4 is 17.2 Å². The Morgan fingerprint density at radius 1 is 0.947 bits per heavy atom. The van der Waals surface area contributed by atoms with Crippen molar-refractivity contribution in [3.8, 4) is 0 Å². The third-order valence-electron chi connectivity index (χ3n) is 8.62. The summed E-state index contributed by atoms with van der Waals surface area (Å²) in [5, 5.41) is 7.64. The quantitative estimate of drug-likeness (QED) is 0.383. The minimum Gasteiger partial charge on any atom is -0.341 e. The Morgan fingerprint density at radius 3 is 2.05 bits per heavy atom. The van der Waals surface area contributed by atoms with Crippen LogP contribution in [0, 0.1) is 41.5 Å². The molecule has 204 valence electrons. The van der Waals surface area contributed by atoms with Gasteiger partial charge in [-0.1, -0.05) is 0 Å². The van der Waals surface area contributed by atoms with Gasteiger partial charge in [0.05, 0.1) is 22.9 Å². The lowest BCUT2D eigenvalue weighted by atomic mass is 9.85. The molecular formula is C30H40N4O3S. The Balaban J connectivity index is 1.26. The van der Waals surface area contributed by atoms with Gasteiger partial charge in [0, 0.05) is 30.1 Å². The summed E-state index contributed by atoms with van der Waals surface area (Å²) in [6, 6.07) is 2.01. The standard InChI is InChI=1S/C30H40N4O3S/c1-16-13-17(2)34(32-16)14-26(35)33-11-9-24(10-12-33)29-31-25(15-38-29)30-36-22(7)27-20(5)18(3)19(4)21(6)28(27)23(8)37-30/h13,15,22-24,30H,9-12,14H2,1-8H3. The van der Waals surface area contributed by atoms with Gasteiger partial charge in [-0.05, 0) is 108 Å². The van der Waals surface area contributed by atoms with Crippen molar-refractivity contribution in [1.82, 2.24) is 19.7 Å². The van der Waals surface area contributed by atoms with Gasteiger partial charge in [-0.2, -0.15) is 5.10 Å². The lowest BCUT2D eigenvalue weighted by Crippen LogP contribution is -2.40. The van der Waals surface area contributed by atoms with Crippen LogP contribution in [-0.4, -0.2) is 38.7 Å². The van der Waals surface area contributed by atoms with Gasteiger partial charge in [0.2, 0.25) is 12.2 Å². The normalized spacial score (nSPS) is 22.4. The molecule has 1 aromatic carbocycles. The van der Waals surface area contributed by atoms with Gasteiger partial charge in [0.25, 0.3) is 0 Å². The van der Waals surface area contributed by atoms with Crippen LogP contribution in [0.4, 0.5) is 0 Å². The summed E-state index contributed by atoms with van der Waals surface area (Å²) < 4.78 is 14.8. The second-order valence-electron chi connectivity index (χ2n) is 11.1. The Bertz CT molecular complexity index is 1310. The summed E-state index contributed by atoms with van der Waals surface area (Å²) in [5.74, 6) is 0.479. The molecule has 38 heavy (non-hydrogen) atoms. The van der Waals surface area contributed by atoms with E-state index in [9.17, 15) is 4.79 Å². The number of ether oxygens (including phenoxy) is 2. The number of amides is 1. The minimum absolute atomic E-state index is 0.0837. The Kier molecular flexibility index (Phi) is 7.50. The summed E-state index contributed by atoms with van der Waals surface area (Å²) in [6.07, 6.45) is 1.16. The van der Waals surface area contributed by atoms with Crippen LogP contribution in [-0.2, 0) is 20.8 Å². The molecule has 1 fully saturated rings. The molecule has 8 heteroatoms. The highest BCUT2D eigenvalue weighted by molar-refractivity contribution is 7.09. The fourth-order valence-corrected chi connectivity index (χ4v) is 7.12. The van der Waals surface area contributed by atoms with Crippen molar-refractivity contribution in [3.05, 3.63) is 66.9 Å². The summed E-state index contributed by atoms with van der Waals surface area (Å²) in [6.45, 7) is 18.8. The van der Waals surface area contributed by atoms with Crippen LogP contribution < -0.4 is 0 Å². The average molecular weight is 537 g/mol. The van der Waals surface area contributed by atoms with Crippen molar-refractivity contribution in [2.24, 2.45) is 0 Å². The number of rotatable bonds is 4. The molecule has 2 unspecified atom stereocenters. The molecule has 2 atom stereocenters. The smallest absolute Gasteiger partial charge is 0.244 e. The van der Waals surface area contributed by atoms with Crippen molar-refractivity contribution < 1.29 is 14.3 Å². The number of carbonyl (C=O) groups is 1. The number of nitrogens with zero attached hydrogens (tertiary/aromatic N) is 4. The fraction of sp³-hybridized carbons (Fsp3) is 0.567. The van der Waals surface area contributed by atoms with Crippen LogP contribution in [0.2, 0.25) is 0 Å². The third kappa shape index (κ3) is 4.94. The lowest BCUT2D eigenvalue weighted by molar-refractivity contribution is -0.188. The molecule has 3 aromatic rings. The van der Waals surface area contributed by atoms with Crippen LogP contribution in [0.25, 0.3) is 0 Å². The Morgan fingerprint density at radius 2 is 1.53 bits per heavy atom. The lowest BCUT2D eigenvalue weighted by Gasteiger charge is -2.31. The van der Waals surface area contributed by atoms with Crippen LogP contribution in [0.5, 0.6) is 0 Å². The summed E-state index contributed by atoms with van der Waals surface area (Å²) >= 11 is 1.68. The molecule has 0 saturated carbocycles. The number of aryl methyl sites for hydroxylation is 2. The molecule has 0 aliphatic carbocycles. The SMILES string of the molecule is Cc1cc(C)n(CC(=O)N2CCC(c3nc(C4OC(C)c5c(C)c(C)c(C)c(C)c5C(C)O4)cs3)CC2)n1. The van der Waals surface area contributed by atoms with Gasteiger partial charge in [-0.15, -0.1) is 11.3 Å². The van der Waals surface area contributed by atoms with Crippen LogP contribution in [0.3, 0.4) is 0 Å². The van der Waals surface area contributed by atoms with Gasteiger partial charge in [0.1, 0.15) is 12.2 Å². The van der Waals surface area contributed by atoms with E-state index in [4.69, 9.17) is 14.5 Å². The maximum atomic E-state index is 12.9. The number of hydrogen-bond donors (Lipinski definition) is 0. The number of aromatic nitrogens is 3. The molecule has 0 N–H and O–H groups in total. The second-order valence-corrected chi connectivity index (χ2v) is 12.0. The number of thiazole rings is 1. The highest BCUT2D eigenvalue weighted by Crippen LogP contribution is 2.44. The number of carbonyl (C=O) groups excluding carboxylic acids is 1. The zero-order chi connectivity index (χ0) is 27.3. The summed E-state index contributed by atoms with van der Waals surface area (Å²) in [4.78, 5) is 19.9. The Hall–Kier alpha value is -2.55. The molecule has 5 rings (SSSR count). The van der Waals surface area contributed by atoms with E-state index in [2.05, 4.69) is 52.0 Å². The van der Waals surface area contributed by atoms with Crippen molar-refractivity contribution in [2.75, 3.05) is 13.1 Å². The van der Waals surface area contributed by atoms with Crippen molar-refractivity contribution in [1.29, 1.82) is 0 Å². The van der Waals surface area contributed by atoms with Crippen LogP contribution >= 0.6 is 11.3 Å². The Labute approximate surface area is 230 Å². The molecule has 2 aliphatic rings. The first kappa shape index (κ1) is 27.0. The van der Waals surface area contributed by atoms with Gasteiger partial charge in [0.15, 0.2) is 0 Å². The minimum atomic E-state index is -0.501. The highest BCUT2D eigenvalue weighted by Gasteiger charge is 2.34. The predicted molar refractivity (Wildman–Crippen MR) is 150 cm³/mol. The van der Waals surface area contributed by atoms with E-state index >= 15 is 0 Å². The number of hydrogen-bond acceptors (Lipinski definition) is 6. The van der Waals surface area contributed by atoms with Crippen molar-refractivity contribution in [3.63, 3.8) is 0 Å². The number of piperidine rings is 1.